The molecule has 0 aliphatic rings. The van der Waals surface area contributed by atoms with Crippen molar-refractivity contribution in [1.29, 1.82) is 0 Å². The molecule has 0 saturated heterocycles. The van der Waals surface area contributed by atoms with Gasteiger partial charge in [-0.15, -0.1) is 0 Å². The average Bonchev–Trinajstić information content (AvgIpc) is 2.99. The van der Waals surface area contributed by atoms with Crippen molar-refractivity contribution in [2.24, 2.45) is 16.5 Å². The Labute approximate surface area is 230 Å². The fourth-order valence-electron chi connectivity index (χ4n) is 4.83. The van der Waals surface area contributed by atoms with E-state index >= 15 is 0 Å². The zero-order valence-electron chi connectivity index (χ0n) is 22.4. The molecular formula is C36H33N3. The van der Waals surface area contributed by atoms with Crippen molar-refractivity contribution in [2.75, 3.05) is 0 Å². The Balaban J connectivity index is 1.55. The van der Waals surface area contributed by atoms with Crippen LogP contribution in [0.4, 0.5) is 0 Å². The molecule has 1 unspecified atom stereocenters. The van der Waals surface area contributed by atoms with E-state index in [2.05, 4.69) is 97.9 Å². The maximum Gasteiger partial charge on any atom is 0.131 e. The number of allylic oxidation sites excluding steroid dienone is 4. The van der Waals surface area contributed by atoms with Gasteiger partial charge in [0.05, 0.1) is 5.70 Å². The van der Waals surface area contributed by atoms with Crippen LogP contribution in [0.1, 0.15) is 42.0 Å². The molecule has 3 heteroatoms. The molecule has 3 nitrogen and oxygen atoms in total. The number of rotatable bonds is 7. The first-order chi connectivity index (χ1) is 19.1. The molecule has 5 aromatic carbocycles. The normalized spacial score (nSPS) is 13.8. The highest BCUT2D eigenvalue weighted by Gasteiger charge is 2.10. The van der Waals surface area contributed by atoms with Crippen molar-refractivity contribution >= 4 is 38.7 Å². The molecule has 0 bridgehead atoms. The van der Waals surface area contributed by atoms with Gasteiger partial charge in [-0.05, 0) is 51.2 Å². The number of aliphatic imine (C=N–C) groups is 1. The van der Waals surface area contributed by atoms with E-state index in [9.17, 15) is 0 Å². The lowest BCUT2D eigenvalue weighted by molar-refractivity contribution is 0.970. The molecule has 0 amide bonds. The molecule has 39 heavy (non-hydrogen) atoms. The van der Waals surface area contributed by atoms with Crippen molar-refractivity contribution in [3.8, 4) is 0 Å². The second kappa shape index (κ2) is 11.7. The minimum Gasteiger partial charge on any atom is -0.404 e. The van der Waals surface area contributed by atoms with Crippen LogP contribution in [0.5, 0.6) is 0 Å². The minimum atomic E-state index is 0.132. The summed E-state index contributed by atoms with van der Waals surface area (Å²) in [5, 5.41) is 4.83. The van der Waals surface area contributed by atoms with Crippen LogP contribution in [0.15, 0.2) is 139 Å². The molecule has 0 aromatic heterocycles. The van der Waals surface area contributed by atoms with E-state index in [4.69, 9.17) is 16.5 Å². The molecule has 0 radical (unpaired) electrons. The Hall–Kier alpha value is -4.89. The Morgan fingerprint density at radius 2 is 1.26 bits per heavy atom. The number of amidine groups is 1. The molecule has 0 spiro atoms. The van der Waals surface area contributed by atoms with E-state index in [1.165, 1.54) is 27.1 Å². The molecule has 5 aromatic rings. The van der Waals surface area contributed by atoms with Gasteiger partial charge in [-0.3, -0.25) is 0 Å². The number of fused-ring (bicyclic) bond motifs is 2. The highest BCUT2D eigenvalue weighted by molar-refractivity contribution is 6.01. The predicted molar refractivity (Wildman–Crippen MR) is 168 cm³/mol. The molecule has 1 atom stereocenters. The van der Waals surface area contributed by atoms with Gasteiger partial charge in [0.15, 0.2) is 0 Å². The fourth-order valence-corrected chi connectivity index (χ4v) is 4.83. The van der Waals surface area contributed by atoms with Gasteiger partial charge in [0, 0.05) is 23.2 Å². The second-order valence-electron chi connectivity index (χ2n) is 9.71. The van der Waals surface area contributed by atoms with Gasteiger partial charge in [-0.2, -0.15) is 0 Å². The van der Waals surface area contributed by atoms with Gasteiger partial charge in [0.25, 0.3) is 0 Å². The smallest absolute Gasteiger partial charge is 0.131 e. The highest BCUT2D eigenvalue weighted by atomic mass is 14.9. The first-order valence-corrected chi connectivity index (χ1v) is 13.2. The third kappa shape index (κ3) is 5.83. The van der Waals surface area contributed by atoms with Crippen molar-refractivity contribution < 1.29 is 0 Å². The van der Waals surface area contributed by atoms with Gasteiger partial charge in [-0.25, -0.2) is 4.99 Å². The molecule has 4 N–H and O–H groups in total. The molecular weight excluding hydrogens is 474 g/mol. The molecule has 192 valence electrons. The van der Waals surface area contributed by atoms with Crippen molar-refractivity contribution in [2.45, 2.75) is 19.8 Å². The lowest BCUT2D eigenvalue weighted by Gasteiger charge is -2.13. The first kappa shape index (κ1) is 25.7. The Morgan fingerprint density at radius 1 is 0.692 bits per heavy atom. The quantitative estimate of drug-likeness (QED) is 0.132. The molecule has 0 aliphatic carbocycles. The lowest BCUT2D eigenvalue weighted by atomic mass is 9.95. The number of nitrogens with zero attached hydrogens (tertiary/aromatic N) is 1. The van der Waals surface area contributed by atoms with E-state index in [0.29, 0.717) is 5.84 Å². The summed E-state index contributed by atoms with van der Waals surface area (Å²) in [5.74, 6) is 0.601. The van der Waals surface area contributed by atoms with Gasteiger partial charge in [0.2, 0.25) is 0 Å². The van der Waals surface area contributed by atoms with Gasteiger partial charge >= 0.3 is 0 Å². The summed E-state index contributed by atoms with van der Waals surface area (Å²) in [7, 11) is 0. The highest BCUT2D eigenvalue weighted by Crippen LogP contribution is 2.29. The number of hydrogen-bond donors (Lipinski definition) is 2. The Bertz CT molecular complexity index is 1740. The summed E-state index contributed by atoms with van der Waals surface area (Å²) in [6.45, 7) is 4.18. The molecule has 0 fully saturated rings. The summed E-state index contributed by atoms with van der Waals surface area (Å²) < 4.78 is 0. The van der Waals surface area contributed by atoms with E-state index < -0.39 is 0 Å². The zero-order valence-corrected chi connectivity index (χ0v) is 22.4. The topological polar surface area (TPSA) is 64.4 Å². The molecule has 0 heterocycles. The van der Waals surface area contributed by atoms with E-state index in [-0.39, 0.29) is 5.92 Å². The van der Waals surface area contributed by atoms with Crippen LogP contribution in [0.2, 0.25) is 0 Å². The first-order valence-electron chi connectivity index (χ1n) is 13.2. The van der Waals surface area contributed by atoms with Gasteiger partial charge in [-0.1, -0.05) is 128 Å². The van der Waals surface area contributed by atoms with Crippen LogP contribution in [-0.2, 0) is 0 Å². The van der Waals surface area contributed by atoms with Crippen LogP contribution in [0, 0.1) is 0 Å². The summed E-state index contributed by atoms with van der Waals surface area (Å²) >= 11 is 0. The predicted octanol–water partition coefficient (Wildman–Crippen LogP) is 8.42. The molecule has 0 saturated carbocycles. The standard InChI is InChI=1S/C36H33N3/c1-3-8-34(24-37)28-13-17-29(18-14-28)36(38)39-35(33-20-16-27-10-5-7-12-32(27)23-33)21-25(2)30-19-15-26-9-4-6-11-31(26)22-30/h3-25H,37H2,1-2H3,(H2,38,39)/b8-3-,34-24+,35-21-. The van der Waals surface area contributed by atoms with Crippen LogP contribution in [-0.4, -0.2) is 5.84 Å². The molecule has 5 rings (SSSR count). The van der Waals surface area contributed by atoms with Crippen molar-refractivity contribution in [1.82, 2.24) is 0 Å². The third-order valence-corrected chi connectivity index (χ3v) is 7.03. The minimum absolute atomic E-state index is 0.132. The monoisotopic (exact) mass is 507 g/mol. The summed E-state index contributed by atoms with van der Waals surface area (Å²) in [4.78, 5) is 4.98. The average molecular weight is 508 g/mol. The third-order valence-electron chi connectivity index (χ3n) is 7.03. The Morgan fingerprint density at radius 3 is 1.90 bits per heavy atom. The lowest BCUT2D eigenvalue weighted by Crippen LogP contribution is -2.13. The summed E-state index contributed by atoms with van der Waals surface area (Å²) in [6.07, 6.45) is 7.78. The summed E-state index contributed by atoms with van der Waals surface area (Å²) in [5.41, 5.74) is 18.4. The number of nitrogens with two attached hydrogens (primary N) is 2. The maximum absolute atomic E-state index is 6.61. The zero-order chi connectivity index (χ0) is 27.2. The van der Waals surface area contributed by atoms with Crippen LogP contribution in [0.3, 0.4) is 0 Å². The van der Waals surface area contributed by atoms with E-state index in [1.54, 1.807) is 6.20 Å². The largest absolute Gasteiger partial charge is 0.404 e. The van der Waals surface area contributed by atoms with Gasteiger partial charge < -0.3 is 11.5 Å². The van der Waals surface area contributed by atoms with Gasteiger partial charge in [0.1, 0.15) is 5.84 Å². The van der Waals surface area contributed by atoms with Crippen LogP contribution < -0.4 is 11.5 Å². The maximum atomic E-state index is 6.61. The van der Waals surface area contributed by atoms with Crippen LogP contribution in [0.25, 0.3) is 32.8 Å². The second-order valence-corrected chi connectivity index (χ2v) is 9.71. The van der Waals surface area contributed by atoms with Crippen molar-refractivity contribution in [3.63, 3.8) is 0 Å². The van der Waals surface area contributed by atoms with E-state index in [0.717, 1.165) is 28.0 Å². The molecule has 0 aliphatic heterocycles. The fraction of sp³-hybridized carbons (Fsp3) is 0.0833. The number of hydrogen-bond acceptors (Lipinski definition) is 2. The van der Waals surface area contributed by atoms with Crippen LogP contribution >= 0.6 is 0 Å². The van der Waals surface area contributed by atoms with E-state index in [1.807, 2.05) is 43.3 Å². The van der Waals surface area contributed by atoms with Crippen molar-refractivity contribution in [3.05, 3.63) is 156 Å². The Kier molecular flexibility index (Phi) is 7.70. The SMILES string of the molecule is C/C=C\C(=C/N)c1ccc(C(N)=N/C(=C\C(C)c2ccc3ccccc3c2)c2ccc3ccccc3c2)cc1. The number of benzene rings is 5. The summed E-state index contributed by atoms with van der Waals surface area (Å²) in [6, 6.07) is 37.9.